The molecule has 112 valence electrons. The lowest BCUT2D eigenvalue weighted by Crippen LogP contribution is -2.46. The average molecular weight is 412 g/mol. The number of amides is 2. The van der Waals surface area contributed by atoms with Crippen LogP contribution in [0.5, 0.6) is 0 Å². The highest BCUT2D eigenvalue weighted by atomic mass is 127. The zero-order valence-electron chi connectivity index (χ0n) is 11.4. The fourth-order valence-corrected chi connectivity index (χ4v) is 1.90. The fourth-order valence-electron chi connectivity index (χ4n) is 1.36. The maximum atomic E-state index is 11.7. The maximum absolute atomic E-state index is 11.7. The third kappa shape index (κ3) is 6.53. The number of anilines is 1. The summed E-state index contributed by atoms with van der Waals surface area (Å²) in [6, 6.07) is 6.83. The number of carbonyl (C=O) groups is 2. The molecular weight excluding hydrogens is 393 g/mol. The lowest BCUT2D eigenvalue weighted by molar-refractivity contribution is -0.125. The minimum absolute atomic E-state index is 0. The second-order valence-electron chi connectivity index (χ2n) is 4.55. The Kier molecular flexibility index (Phi) is 8.75. The number of halogens is 2. The predicted octanol–water partition coefficient (Wildman–Crippen LogP) is 1.75. The number of benzene rings is 1. The summed E-state index contributed by atoms with van der Waals surface area (Å²) in [7, 11) is 0. The molecule has 0 saturated carbocycles. The molecule has 5 nitrogen and oxygen atoms in total. The molecule has 2 amide bonds. The molecule has 1 aromatic carbocycles. The fraction of sp³-hybridized carbons (Fsp3) is 0.385. The van der Waals surface area contributed by atoms with Crippen LogP contribution in [0.1, 0.15) is 13.8 Å². The zero-order chi connectivity index (χ0) is 14.4. The summed E-state index contributed by atoms with van der Waals surface area (Å²) >= 11 is 2.16. The van der Waals surface area contributed by atoms with E-state index in [1.165, 1.54) is 0 Å². The number of nitrogens with two attached hydrogens (primary N) is 1. The molecule has 0 unspecified atom stereocenters. The van der Waals surface area contributed by atoms with Crippen molar-refractivity contribution in [2.24, 2.45) is 11.7 Å². The van der Waals surface area contributed by atoms with Crippen molar-refractivity contribution >= 4 is 52.5 Å². The van der Waals surface area contributed by atoms with Gasteiger partial charge in [0.1, 0.15) is 0 Å². The minimum Gasteiger partial charge on any atom is -0.346 e. The summed E-state index contributed by atoms with van der Waals surface area (Å²) < 4.78 is 1.03. The van der Waals surface area contributed by atoms with Crippen molar-refractivity contribution in [3.05, 3.63) is 27.8 Å². The van der Waals surface area contributed by atoms with E-state index in [1.807, 2.05) is 32.0 Å². The predicted molar refractivity (Wildman–Crippen MR) is 90.9 cm³/mol. The van der Waals surface area contributed by atoms with E-state index in [2.05, 4.69) is 33.2 Å². The van der Waals surface area contributed by atoms with Crippen molar-refractivity contribution in [1.29, 1.82) is 0 Å². The number of hydrogen-bond acceptors (Lipinski definition) is 3. The molecule has 1 atom stereocenters. The van der Waals surface area contributed by atoms with E-state index in [9.17, 15) is 9.59 Å². The molecule has 0 heterocycles. The Morgan fingerprint density at radius 1 is 1.35 bits per heavy atom. The Morgan fingerprint density at radius 3 is 2.55 bits per heavy atom. The van der Waals surface area contributed by atoms with Crippen molar-refractivity contribution in [3.63, 3.8) is 0 Å². The highest BCUT2D eigenvalue weighted by Crippen LogP contribution is 2.11. The third-order valence-electron chi connectivity index (χ3n) is 2.55. The Balaban J connectivity index is 0.00000361. The average Bonchev–Trinajstić information content (AvgIpc) is 2.34. The van der Waals surface area contributed by atoms with Gasteiger partial charge in [-0.15, -0.1) is 12.4 Å². The Morgan fingerprint density at radius 2 is 2.00 bits per heavy atom. The number of carbonyl (C=O) groups excluding carboxylic acids is 2. The van der Waals surface area contributed by atoms with Gasteiger partial charge in [-0.1, -0.05) is 19.9 Å². The Bertz CT molecular complexity index is 469. The van der Waals surface area contributed by atoms with E-state index in [0.717, 1.165) is 3.57 Å². The van der Waals surface area contributed by atoms with Crippen LogP contribution in [0.2, 0.25) is 0 Å². The van der Waals surface area contributed by atoms with Crippen LogP contribution in [0.15, 0.2) is 24.3 Å². The van der Waals surface area contributed by atoms with Gasteiger partial charge in [0, 0.05) is 9.26 Å². The van der Waals surface area contributed by atoms with Crippen molar-refractivity contribution < 1.29 is 9.59 Å². The summed E-state index contributed by atoms with van der Waals surface area (Å²) in [6.07, 6.45) is 0. The van der Waals surface area contributed by atoms with Crippen molar-refractivity contribution in [3.8, 4) is 0 Å². The molecule has 0 saturated heterocycles. The van der Waals surface area contributed by atoms with Gasteiger partial charge in [-0.05, 0) is 46.7 Å². The van der Waals surface area contributed by atoms with Gasteiger partial charge in [-0.25, -0.2) is 0 Å². The van der Waals surface area contributed by atoms with E-state index in [0.29, 0.717) is 5.69 Å². The molecule has 0 fully saturated rings. The van der Waals surface area contributed by atoms with Crippen molar-refractivity contribution in [1.82, 2.24) is 5.32 Å². The normalized spacial score (nSPS) is 11.4. The molecule has 1 rings (SSSR count). The number of nitrogens with one attached hydrogen (secondary N) is 2. The van der Waals surface area contributed by atoms with Crippen LogP contribution in [0.4, 0.5) is 5.69 Å². The second kappa shape index (κ2) is 9.15. The van der Waals surface area contributed by atoms with Crippen LogP contribution in [0, 0.1) is 9.49 Å². The summed E-state index contributed by atoms with van der Waals surface area (Å²) in [5.74, 6) is -0.544. The SMILES string of the molecule is CC(C)[C@H](N)C(=O)NCC(=O)Nc1cccc(I)c1.Cl. The van der Waals surface area contributed by atoms with Gasteiger partial charge in [-0.3, -0.25) is 9.59 Å². The molecule has 0 aliphatic heterocycles. The van der Waals surface area contributed by atoms with Crippen LogP contribution < -0.4 is 16.4 Å². The first-order valence-corrected chi connectivity index (χ1v) is 7.06. The topological polar surface area (TPSA) is 84.2 Å². The molecule has 0 aromatic heterocycles. The first-order valence-electron chi connectivity index (χ1n) is 5.99. The molecule has 0 spiro atoms. The summed E-state index contributed by atoms with van der Waals surface area (Å²) in [6.45, 7) is 3.64. The van der Waals surface area contributed by atoms with Gasteiger partial charge < -0.3 is 16.4 Å². The molecule has 20 heavy (non-hydrogen) atoms. The van der Waals surface area contributed by atoms with Crippen LogP contribution in [0.3, 0.4) is 0 Å². The van der Waals surface area contributed by atoms with Gasteiger partial charge >= 0.3 is 0 Å². The monoisotopic (exact) mass is 411 g/mol. The minimum atomic E-state index is -0.592. The zero-order valence-corrected chi connectivity index (χ0v) is 14.3. The van der Waals surface area contributed by atoms with Gasteiger partial charge in [0.15, 0.2) is 0 Å². The van der Waals surface area contributed by atoms with E-state index in [-0.39, 0.29) is 36.7 Å². The molecule has 7 heteroatoms. The number of rotatable bonds is 5. The van der Waals surface area contributed by atoms with Crippen LogP contribution in [-0.4, -0.2) is 24.4 Å². The quantitative estimate of drug-likeness (QED) is 0.646. The lowest BCUT2D eigenvalue weighted by Gasteiger charge is -2.15. The van der Waals surface area contributed by atoms with E-state index in [4.69, 9.17) is 5.73 Å². The molecule has 1 aromatic rings. The third-order valence-corrected chi connectivity index (χ3v) is 3.22. The van der Waals surface area contributed by atoms with Gasteiger partial charge in [-0.2, -0.15) is 0 Å². The van der Waals surface area contributed by atoms with E-state index in [1.54, 1.807) is 6.07 Å². The summed E-state index contributed by atoms with van der Waals surface area (Å²) in [5.41, 5.74) is 6.38. The molecule has 4 N–H and O–H groups in total. The largest absolute Gasteiger partial charge is 0.346 e. The molecule has 0 radical (unpaired) electrons. The van der Waals surface area contributed by atoms with Gasteiger partial charge in [0.2, 0.25) is 11.8 Å². The summed E-state index contributed by atoms with van der Waals surface area (Å²) in [4.78, 5) is 23.2. The van der Waals surface area contributed by atoms with Crippen LogP contribution in [0.25, 0.3) is 0 Å². The highest BCUT2D eigenvalue weighted by molar-refractivity contribution is 14.1. The second-order valence-corrected chi connectivity index (χ2v) is 5.79. The van der Waals surface area contributed by atoms with Crippen molar-refractivity contribution in [2.75, 3.05) is 11.9 Å². The molecular formula is C13H19ClIN3O2. The van der Waals surface area contributed by atoms with Gasteiger partial charge in [0.05, 0.1) is 12.6 Å². The maximum Gasteiger partial charge on any atom is 0.243 e. The molecule has 0 aliphatic carbocycles. The van der Waals surface area contributed by atoms with E-state index >= 15 is 0 Å². The van der Waals surface area contributed by atoms with Crippen LogP contribution in [-0.2, 0) is 9.59 Å². The van der Waals surface area contributed by atoms with Crippen LogP contribution >= 0.6 is 35.0 Å². The lowest BCUT2D eigenvalue weighted by atomic mass is 10.1. The number of hydrogen-bond donors (Lipinski definition) is 3. The molecule has 0 aliphatic rings. The Labute approximate surface area is 138 Å². The smallest absolute Gasteiger partial charge is 0.243 e. The Hall–Kier alpha value is -0.860. The first-order chi connectivity index (χ1) is 8.90. The van der Waals surface area contributed by atoms with E-state index < -0.39 is 6.04 Å². The molecule has 0 bridgehead atoms. The standard InChI is InChI=1S/C13H18IN3O2.ClH/c1-8(2)12(15)13(19)16-7-11(18)17-10-5-3-4-9(14)6-10;/h3-6,8,12H,7,15H2,1-2H3,(H,16,19)(H,17,18);1H/t12-;/m0./s1. The summed E-state index contributed by atoms with van der Waals surface area (Å²) in [5, 5.41) is 5.23. The highest BCUT2D eigenvalue weighted by Gasteiger charge is 2.17. The first kappa shape index (κ1) is 19.1. The van der Waals surface area contributed by atoms with Crippen molar-refractivity contribution in [2.45, 2.75) is 19.9 Å². The van der Waals surface area contributed by atoms with Gasteiger partial charge in [0.25, 0.3) is 0 Å².